The van der Waals surface area contributed by atoms with Gasteiger partial charge in [-0.2, -0.15) is 0 Å². The molecule has 7 aliphatic rings. The van der Waals surface area contributed by atoms with Crippen LogP contribution in [0.2, 0.25) is 0 Å². The Balaban J connectivity index is 1.07. The van der Waals surface area contributed by atoms with E-state index < -0.39 is 152 Å². The van der Waals surface area contributed by atoms with Gasteiger partial charge in [0.15, 0.2) is 5.92 Å². The summed E-state index contributed by atoms with van der Waals surface area (Å²) in [5.74, 6) is -7.21. The number of hydrogen-bond acceptors (Lipinski definition) is 21. The Morgan fingerprint density at radius 3 is 0.873 bits per heavy atom. The number of carbonyl (C=O) groups excluding carboxylic acids is 7. The zero-order valence-corrected chi connectivity index (χ0v) is 68.4. The largest absolute Gasteiger partial charge is 0.462 e. The Labute approximate surface area is 612 Å². The van der Waals surface area contributed by atoms with Crippen LogP contribution in [0.1, 0.15) is 331 Å². The van der Waals surface area contributed by atoms with Gasteiger partial charge in [-0.05, 0) is 226 Å². The van der Waals surface area contributed by atoms with Crippen molar-refractivity contribution in [3.8, 4) is 0 Å². The van der Waals surface area contributed by atoms with Crippen LogP contribution < -0.4 is 21.3 Å². The van der Waals surface area contributed by atoms with E-state index in [9.17, 15) is 14.4 Å². The fourth-order valence-electron chi connectivity index (χ4n) is 20.3. The summed E-state index contributed by atoms with van der Waals surface area (Å²) in [5, 5.41) is 14.8. The average molecular weight is 1430 g/mol. The molecule has 5 atom stereocenters. The van der Waals surface area contributed by atoms with E-state index in [0.29, 0.717) is 103 Å². The Kier molecular flexibility index (Phi) is 23.1. The highest BCUT2D eigenvalue weighted by Gasteiger charge is 2.53. The van der Waals surface area contributed by atoms with E-state index in [0.717, 1.165) is 0 Å². The van der Waals surface area contributed by atoms with E-state index in [1.54, 1.807) is 0 Å². The first-order valence-corrected chi connectivity index (χ1v) is 38.1. The number of carbonyl (C=O) groups is 7. The van der Waals surface area contributed by atoms with Gasteiger partial charge >= 0.3 is 41.8 Å². The number of rotatable bonds is 18. The van der Waals surface area contributed by atoms with Crippen molar-refractivity contribution in [1.29, 1.82) is 0 Å². The first kappa shape index (κ1) is 82.9. The predicted molar refractivity (Wildman–Crippen MR) is 396 cm³/mol. The molecule has 7 heterocycles. The van der Waals surface area contributed by atoms with Crippen molar-refractivity contribution >= 4 is 41.8 Å². The number of hydrogen-bond donors (Lipinski definition) is 4. The van der Waals surface area contributed by atoms with Crippen molar-refractivity contribution in [1.82, 2.24) is 36.0 Å². The van der Waals surface area contributed by atoms with E-state index in [2.05, 4.69) is 154 Å². The smallest absolute Gasteiger partial charge is 0.339 e. The molecular weight excluding hydrogens is 1290 g/mol. The molecule has 7 saturated heterocycles. The van der Waals surface area contributed by atoms with E-state index in [-0.39, 0.29) is 44.4 Å². The minimum Gasteiger partial charge on any atom is -0.462 e. The van der Waals surface area contributed by atoms with Crippen molar-refractivity contribution in [2.45, 2.75) is 409 Å². The summed E-state index contributed by atoms with van der Waals surface area (Å²) < 4.78 is 44.9. The Bertz CT molecular complexity index is 3240. The van der Waals surface area contributed by atoms with Crippen LogP contribution in [0.5, 0.6) is 0 Å². The highest BCUT2D eigenvalue weighted by molar-refractivity contribution is 6.10. The molecule has 578 valence electrons. The molecule has 102 heavy (non-hydrogen) atoms. The number of esters is 7. The summed E-state index contributed by atoms with van der Waals surface area (Å²) in [6.07, 6.45) is 3.27. The van der Waals surface area contributed by atoms with Crippen molar-refractivity contribution < 1.29 is 66.7 Å². The van der Waals surface area contributed by atoms with Gasteiger partial charge in [0, 0.05) is 167 Å². The third-order valence-electron chi connectivity index (χ3n) is 24.3. The molecule has 1 aromatic rings. The number of nitrogens with zero attached hydrogens (tertiary/aromatic N) is 3. The molecule has 8 rings (SSSR count). The monoisotopic (exact) mass is 1430 g/mol. The molecule has 21 heteroatoms. The highest BCUT2D eigenvalue weighted by Crippen LogP contribution is 2.46. The number of piperidine rings is 7. The molecule has 21 nitrogen and oxygen atoms in total. The summed E-state index contributed by atoms with van der Waals surface area (Å²) in [4.78, 5) is 112. The van der Waals surface area contributed by atoms with Gasteiger partial charge in [-0.15, -0.1) is 0 Å². The summed E-state index contributed by atoms with van der Waals surface area (Å²) in [7, 11) is 6.24. The van der Waals surface area contributed by atoms with Crippen LogP contribution in [0, 0.1) is 5.92 Å². The van der Waals surface area contributed by atoms with Crippen LogP contribution in [0.3, 0.4) is 0 Å². The fourth-order valence-corrected chi connectivity index (χ4v) is 20.3. The first-order valence-electron chi connectivity index (χ1n) is 38.1. The van der Waals surface area contributed by atoms with Gasteiger partial charge in [0.1, 0.15) is 42.7 Å². The lowest BCUT2D eigenvalue weighted by atomic mass is 9.71. The predicted octanol–water partition coefficient (Wildman–Crippen LogP) is 12.9. The number of nitrogens with one attached hydrogen (secondary N) is 4. The van der Waals surface area contributed by atoms with Crippen LogP contribution in [0.25, 0.3) is 0 Å². The Morgan fingerprint density at radius 1 is 0.324 bits per heavy atom. The molecule has 0 spiro atoms. The van der Waals surface area contributed by atoms with E-state index in [1.165, 1.54) is 12.1 Å². The SMILES string of the molecule is CN1C(C)(C)CC(OC(=O)CC(C(=O)OC2CC(C)(C)N(C)C(C)(C)C2)C(=O)OC2CC(C)(C)N(C)C(C)(CCC3(C)CC(OC(=O)c4cc(C(=O)OC5CC(C)(C)NC(C)(C)C5)c(C(=O)OC5CC(C)(C)NC(C)(C)C5)cc4C(=O)OC4CC(C)(C)NC(C)(C)C4)CC(C)(C)N3)C2)CC1(C)C. The second-order valence-corrected chi connectivity index (χ2v) is 40.9. The number of likely N-dealkylation sites (tertiary alicyclic amines) is 3. The number of ether oxygens (including phenoxy) is 7. The molecule has 0 saturated carbocycles. The fraction of sp³-hybridized carbons (Fsp3) is 0.840. The lowest BCUT2D eigenvalue weighted by Crippen LogP contribution is -2.64. The summed E-state index contributed by atoms with van der Waals surface area (Å²) in [6, 6.07) is 2.56. The molecule has 7 aliphatic heterocycles. The van der Waals surface area contributed by atoms with Crippen molar-refractivity contribution in [2.75, 3.05) is 21.1 Å². The quantitative estimate of drug-likeness (QED) is 0.0606. The molecule has 5 unspecified atom stereocenters. The lowest BCUT2D eigenvalue weighted by Gasteiger charge is -2.56. The summed E-state index contributed by atoms with van der Waals surface area (Å²) in [6.45, 7) is 54.2. The Morgan fingerprint density at radius 2 is 0.569 bits per heavy atom. The van der Waals surface area contributed by atoms with Gasteiger partial charge in [-0.1, -0.05) is 0 Å². The molecule has 0 radical (unpaired) electrons. The molecule has 0 amide bonds. The van der Waals surface area contributed by atoms with Gasteiger partial charge < -0.3 is 54.4 Å². The molecule has 1 aromatic carbocycles. The van der Waals surface area contributed by atoms with Gasteiger partial charge in [0.05, 0.1) is 28.7 Å². The summed E-state index contributed by atoms with van der Waals surface area (Å²) >= 11 is 0. The third kappa shape index (κ3) is 20.3. The minimum absolute atomic E-state index is 0.219. The Hall–Kier alpha value is -4.77. The van der Waals surface area contributed by atoms with Gasteiger partial charge in [0.2, 0.25) is 0 Å². The topological polar surface area (TPSA) is 242 Å². The van der Waals surface area contributed by atoms with Gasteiger partial charge in [-0.25, -0.2) is 19.2 Å². The van der Waals surface area contributed by atoms with Crippen LogP contribution >= 0.6 is 0 Å². The first-order chi connectivity index (χ1) is 46.0. The molecule has 7 fully saturated rings. The second-order valence-electron chi connectivity index (χ2n) is 40.9. The van der Waals surface area contributed by atoms with E-state index >= 15 is 19.2 Å². The maximum absolute atomic E-state index is 15.5. The van der Waals surface area contributed by atoms with E-state index in [4.69, 9.17) is 33.2 Å². The minimum atomic E-state index is -1.56. The molecule has 4 N–H and O–H groups in total. The van der Waals surface area contributed by atoms with Crippen molar-refractivity contribution in [2.24, 2.45) is 5.92 Å². The van der Waals surface area contributed by atoms with Crippen LogP contribution in [0.15, 0.2) is 12.1 Å². The van der Waals surface area contributed by atoms with Crippen molar-refractivity contribution in [3.05, 3.63) is 34.4 Å². The lowest BCUT2D eigenvalue weighted by molar-refractivity contribution is -0.182. The van der Waals surface area contributed by atoms with Gasteiger partial charge in [-0.3, -0.25) is 29.1 Å². The number of benzene rings is 1. The van der Waals surface area contributed by atoms with Crippen LogP contribution in [0.4, 0.5) is 0 Å². The third-order valence-corrected chi connectivity index (χ3v) is 24.3. The highest BCUT2D eigenvalue weighted by atomic mass is 16.6. The normalized spacial score (nSPS) is 30.2. The zero-order chi connectivity index (χ0) is 76.9. The van der Waals surface area contributed by atoms with Crippen LogP contribution in [-0.2, 0) is 47.5 Å². The molecule has 0 aromatic heterocycles. The summed E-state index contributed by atoms with van der Waals surface area (Å²) in [5.41, 5.74) is -6.95. The van der Waals surface area contributed by atoms with E-state index in [1.807, 2.05) is 83.1 Å². The molecule has 0 aliphatic carbocycles. The maximum Gasteiger partial charge on any atom is 0.339 e. The zero-order valence-electron chi connectivity index (χ0n) is 68.4. The van der Waals surface area contributed by atoms with Crippen molar-refractivity contribution in [3.63, 3.8) is 0 Å². The maximum atomic E-state index is 15.5. The van der Waals surface area contributed by atoms with Gasteiger partial charge in [0.25, 0.3) is 0 Å². The molecule has 0 bridgehead atoms. The average Bonchev–Trinajstić information content (AvgIpc) is 0.770. The molecular formula is C81H135N7O14. The van der Waals surface area contributed by atoms with Crippen LogP contribution in [-0.4, -0.2) is 198 Å². The standard InChI is InChI=1S/C81H135N7O14/c1-68(2)35-49(36-69(3,4)82-68)97-62(90)56-32-58(64(92)99-51-39-72(9,10)84-73(11,12)40-51)59(33-57(56)63(91)98-50-37-70(5,6)83-71(7,8)38-50)65(93)100-52-41-74(13,14)85-80(25,47-52)30-31-81(26)48-55(46-79(23,24)88(81)29)102-67(95)60(66(94)101-54-44-77(19,20)87(28)78(21,22)45-54)34-61(89)96-53-42-75(15,16)86(27)76(17,18)43-53/h32-33,49-55,60,82-85H,30-31,34-48H2,1-29H3. The second kappa shape index (κ2) is 28.4.